The minimum atomic E-state index is -0.658. The second-order valence-corrected chi connectivity index (χ2v) is 18.6. The molecule has 316 valence electrons. The van der Waals surface area contributed by atoms with Crippen LogP contribution in [-0.2, 0) is 42.7 Å². The summed E-state index contributed by atoms with van der Waals surface area (Å²) in [4.78, 5) is 28.7. The summed E-state index contributed by atoms with van der Waals surface area (Å²) in [6.45, 7) is 13.9. The quantitative estimate of drug-likeness (QED) is 0.195. The van der Waals surface area contributed by atoms with E-state index in [2.05, 4.69) is 99.8 Å². The van der Waals surface area contributed by atoms with Gasteiger partial charge in [-0.15, -0.1) is 0 Å². The van der Waals surface area contributed by atoms with Crippen molar-refractivity contribution < 1.29 is 28.5 Å². The lowest BCUT2D eigenvalue weighted by Crippen LogP contribution is -2.79. The van der Waals surface area contributed by atoms with E-state index in [1.54, 1.807) is 14.2 Å². The number of aryl methyl sites for hydroxylation is 2. The average Bonchev–Trinajstić information content (AvgIpc) is 3.79. The Balaban J connectivity index is 0.000000143. The highest BCUT2D eigenvalue weighted by Gasteiger charge is 2.79. The van der Waals surface area contributed by atoms with Gasteiger partial charge in [-0.05, 0) is 126 Å². The van der Waals surface area contributed by atoms with Crippen molar-refractivity contribution in [3.05, 3.63) is 106 Å². The number of carbonyl (C=O) groups is 2. The number of carbonyl (C=O) groups excluding carboxylic acids is 2. The van der Waals surface area contributed by atoms with Gasteiger partial charge in [0.15, 0.2) is 11.9 Å². The molecule has 4 aliphatic heterocycles. The predicted molar refractivity (Wildman–Crippen MR) is 233 cm³/mol. The largest absolute Gasteiger partial charge is 0.497 e. The van der Waals surface area contributed by atoms with Crippen LogP contribution in [0.5, 0.6) is 11.5 Å². The topological polar surface area (TPSA) is 77.5 Å². The minimum Gasteiger partial charge on any atom is -0.497 e. The van der Waals surface area contributed by atoms with E-state index < -0.39 is 5.60 Å². The summed E-state index contributed by atoms with van der Waals surface area (Å²) in [5, 5.41) is 0. The summed E-state index contributed by atoms with van der Waals surface area (Å²) < 4.78 is 25.4. The van der Waals surface area contributed by atoms with Crippen LogP contribution in [0.1, 0.15) is 99.6 Å². The van der Waals surface area contributed by atoms with Gasteiger partial charge < -0.3 is 23.8 Å². The van der Waals surface area contributed by atoms with Crippen LogP contribution in [0.2, 0.25) is 0 Å². The smallest absolute Gasteiger partial charge is 0.169 e. The molecular formula is C51H66N2O6. The van der Waals surface area contributed by atoms with Crippen molar-refractivity contribution in [2.45, 2.75) is 134 Å². The number of Topliss-reactive ketones (excluding diaryl/α,β-unsaturated/α-hetero) is 1. The van der Waals surface area contributed by atoms with Crippen LogP contribution >= 0.6 is 0 Å². The van der Waals surface area contributed by atoms with Crippen LogP contribution in [0, 0.1) is 25.2 Å². The van der Waals surface area contributed by atoms with Gasteiger partial charge in [0.05, 0.1) is 23.9 Å². The van der Waals surface area contributed by atoms with Crippen molar-refractivity contribution in [2.75, 3.05) is 41.4 Å². The van der Waals surface area contributed by atoms with Gasteiger partial charge in [-0.3, -0.25) is 14.5 Å². The van der Waals surface area contributed by atoms with E-state index in [9.17, 15) is 9.59 Å². The predicted octanol–water partition coefficient (Wildman–Crippen LogP) is 8.49. The summed E-state index contributed by atoms with van der Waals surface area (Å²) in [5.74, 6) is 3.52. The van der Waals surface area contributed by atoms with E-state index in [0.717, 1.165) is 75.3 Å². The number of allylic oxidation sites excluding steroid dienone is 3. The van der Waals surface area contributed by atoms with Crippen LogP contribution < -0.4 is 9.47 Å². The molecule has 2 saturated heterocycles. The van der Waals surface area contributed by atoms with Gasteiger partial charge in [0, 0.05) is 48.6 Å². The molecule has 6 bridgehead atoms. The number of ketones is 2. The van der Waals surface area contributed by atoms with Crippen LogP contribution in [0.4, 0.5) is 0 Å². The molecule has 0 amide bonds. The SMILES string of the molecule is C.C=CC(=O)CCC.CCCC(=O)[C@H]1C[C@@]23C=C[C@]1(OC)[C@@H]1Oc4c(C)ccc5c4[C@@]12CCN(C)[C@@H]3C5.COC1=CC=C2[C@H]3Cc4ccc(C)c5c4[C@@]2(CCN3C)[C@H]1O5. The molecule has 0 N–H and O–H groups in total. The Hall–Kier alpha value is -3.98. The molecule has 3 fully saturated rings. The Morgan fingerprint density at radius 3 is 2.20 bits per heavy atom. The number of likely N-dealkylation sites (tertiary alicyclic amines) is 2. The van der Waals surface area contributed by atoms with Gasteiger partial charge in [-0.2, -0.15) is 0 Å². The molecule has 3 spiro atoms. The normalized spacial score (nSPS) is 35.1. The first-order valence-corrected chi connectivity index (χ1v) is 21.8. The molecule has 2 aromatic carbocycles. The maximum absolute atomic E-state index is 13.4. The molecule has 0 aromatic heterocycles. The van der Waals surface area contributed by atoms with Gasteiger partial charge in [0.25, 0.3) is 0 Å². The third-order valence-electron chi connectivity index (χ3n) is 16.1. The van der Waals surface area contributed by atoms with E-state index in [4.69, 9.17) is 18.9 Å². The molecule has 6 aliphatic carbocycles. The fraction of sp³-hybridized carbons (Fsp3) is 0.569. The molecule has 8 heteroatoms. The van der Waals surface area contributed by atoms with Crippen LogP contribution in [0.25, 0.3) is 0 Å². The first-order chi connectivity index (χ1) is 27.9. The highest BCUT2D eigenvalue weighted by atomic mass is 16.6. The molecule has 1 saturated carbocycles. The lowest BCUT2D eigenvalue weighted by atomic mass is 9.37. The number of likely N-dealkylation sites (N-methyl/N-ethyl adjacent to an activating group) is 2. The number of methoxy groups -OCH3 is 2. The minimum absolute atomic E-state index is 0. The lowest BCUT2D eigenvalue weighted by molar-refractivity contribution is -0.213. The third kappa shape index (κ3) is 5.37. The van der Waals surface area contributed by atoms with E-state index in [1.807, 2.05) is 6.92 Å². The van der Waals surface area contributed by atoms with Crippen LogP contribution in [0.15, 0.2) is 72.6 Å². The number of ether oxygens (including phenoxy) is 4. The number of piperidine rings is 2. The molecule has 4 heterocycles. The third-order valence-corrected chi connectivity index (χ3v) is 16.1. The monoisotopic (exact) mass is 802 g/mol. The van der Waals surface area contributed by atoms with Gasteiger partial charge in [0.2, 0.25) is 0 Å². The second-order valence-electron chi connectivity index (χ2n) is 18.6. The first kappa shape index (κ1) is 41.7. The molecule has 8 nitrogen and oxygen atoms in total. The number of nitrogens with zero attached hydrogens (tertiary/aromatic N) is 2. The molecule has 0 unspecified atom stereocenters. The van der Waals surface area contributed by atoms with E-state index in [1.165, 1.54) is 45.0 Å². The number of benzene rings is 2. The number of rotatable bonds is 8. The summed E-state index contributed by atoms with van der Waals surface area (Å²) >= 11 is 0. The van der Waals surface area contributed by atoms with E-state index >= 15 is 0 Å². The zero-order valence-electron chi connectivity index (χ0n) is 35.9. The molecule has 59 heavy (non-hydrogen) atoms. The van der Waals surface area contributed by atoms with Gasteiger partial charge in [0.1, 0.15) is 34.7 Å². The highest BCUT2D eigenvalue weighted by Crippen LogP contribution is 2.74. The molecule has 0 radical (unpaired) electrons. The molecule has 10 aliphatic rings. The number of hydrogen-bond donors (Lipinski definition) is 0. The lowest BCUT2D eigenvalue weighted by Gasteiger charge is -2.70. The summed E-state index contributed by atoms with van der Waals surface area (Å²) in [7, 11) is 8.05. The fourth-order valence-corrected chi connectivity index (χ4v) is 13.4. The van der Waals surface area contributed by atoms with E-state index in [-0.39, 0.29) is 47.6 Å². The van der Waals surface area contributed by atoms with Gasteiger partial charge in [-0.1, -0.05) is 70.3 Å². The summed E-state index contributed by atoms with van der Waals surface area (Å²) in [6.07, 6.45) is 18.6. The van der Waals surface area contributed by atoms with Gasteiger partial charge >= 0.3 is 0 Å². The molecule has 2 aromatic rings. The molecule has 12 rings (SSSR count). The van der Waals surface area contributed by atoms with Crippen molar-refractivity contribution in [3.8, 4) is 11.5 Å². The zero-order chi connectivity index (χ0) is 40.9. The van der Waals surface area contributed by atoms with Crippen molar-refractivity contribution in [1.29, 1.82) is 0 Å². The Labute approximate surface area is 352 Å². The van der Waals surface area contributed by atoms with Crippen molar-refractivity contribution in [3.63, 3.8) is 0 Å². The molecule has 9 atom stereocenters. The second kappa shape index (κ2) is 14.9. The van der Waals surface area contributed by atoms with Crippen LogP contribution in [0.3, 0.4) is 0 Å². The average molecular weight is 803 g/mol. The maximum atomic E-state index is 13.4. The molecular weight excluding hydrogens is 737 g/mol. The maximum Gasteiger partial charge on any atom is 0.169 e. The summed E-state index contributed by atoms with van der Waals surface area (Å²) in [6, 6.07) is 9.97. The van der Waals surface area contributed by atoms with Crippen molar-refractivity contribution in [1.82, 2.24) is 9.80 Å². The standard InChI is InChI=1S/C25H31NO3.C19H21NO2.C6H10O.CH4/c1-5-6-18(27)17-14-23-9-10-25(17,28-4)22-24(23)11-12-26(3)19(23)13-16-8-7-15(2)21(29-22)20(16)24;1-11-4-5-12-10-14-13-6-7-15(21-3)18-19(13,8-9-20(14)2)16(12)17(11)22-18;1-3-5-6(7)4-2;/h7-10,17,19,22H,5-6,11-14H2,1-4H3;4-7,14,18H,8-10H2,1-3H3;4H,2-3,5H2,1H3;1H4/t17-,19-,22-,23-,24+,25-;14-,18+,19+;;/m11../s1. The van der Waals surface area contributed by atoms with Crippen molar-refractivity contribution in [2.24, 2.45) is 11.3 Å². The Bertz CT molecular complexity index is 2170. The Kier molecular flexibility index (Phi) is 10.5. The highest BCUT2D eigenvalue weighted by molar-refractivity contribution is 5.88. The number of fused-ring (bicyclic) bond motifs is 1. The number of hydrogen-bond acceptors (Lipinski definition) is 8. The summed E-state index contributed by atoms with van der Waals surface area (Å²) in [5.41, 5.74) is 9.02. The van der Waals surface area contributed by atoms with Gasteiger partial charge in [-0.25, -0.2) is 0 Å². The Morgan fingerprint density at radius 1 is 0.881 bits per heavy atom. The van der Waals surface area contributed by atoms with E-state index in [0.29, 0.717) is 30.7 Å². The van der Waals surface area contributed by atoms with Crippen LogP contribution in [-0.4, -0.2) is 92.7 Å². The first-order valence-electron chi connectivity index (χ1n) is 21.8. The van der Waals surface area contributed by atoms with Crippen molar-refractivity contribution >= 4 is 11.6 Å². The fourth-order valence-electron chi connectivity index (χ4n) is 13.4. The zero-order valence-corrected chi connectivity index (χ0v) is 35.9. The Morgan fingerprint density at radius 2 is 1.56 bits per heavy atom.